The van der Waals surface area contributed by atoms with Crippen LogP contribution >= 0.6 is 11.6 Å². The van der Waals surface area contributed by atoms with Gasteiger partial charge in [0.15, 0.2) is 0 Å². The zero-order valence-electron chi connectivity index (χ0n) is 12.6. The van der Waals surface area contributed by atoms with Crippen molar-refractivity contribution in [3.63, 3.8) is 0 Å². The van der Waals surface area contributed by atoms with Crippen molar-refractivity contribution in [1.29, 1.82) is 0 Å². The van der Waals surface area contributed by atoms with Crippen LogP contribution in [0.1, 0.15) is 33.4 Å². The quantitative estimate of drug-likeness (QED) is 0.369. The number of fused-ring (bicyclic) bond motifs is 1. The molecule has 0 aliphatic carbocycles. The van der Waals surface area contributed by atoms with Gasteiger partial charge in [-0.3, -0.25) is 0 Å². The van der Waals surface area contributed by atoms with Crippen LogP contribution in [0.2, 0.25) is 5.15 Å². The molecule has 3 rings (SSSR count). The second-order valence-corrected chi connectivity index (χ2v) is 6.12. The van der Waals surface area contributed by atoms with Crippen LogP contribution < -0.4 is 0 Å². The molecule has 0 saturated carbocycles. The second kappa shape index (κ2) is 5.43. The van der Waals surface area contributed by atoms with Gasteiger partial charge in [-0.05, 0) is 30.9 Å². The molecule has 1 saturated heterocycles. The molecule has 0 spiro atoms. The van der Waals surface area contributed by atoms with Gasteiger partial charge in [-0.1, -0.05) is 30.6 Å². The number of hydrogen-bond acceptors (Lipinski definition) is 4. The van der Waals surface area contributed by atoms with Crippen LogP contribution in [0.3, 0.4) is 0 Å². The summed E-state index contributed by atoms with van der Waals surface area (Å²) in [6.45, 7) is 6.04. The number of rotatable bonds is 3. The summed E-state index contributed by atoms with van der Waals surface area (Å²) in [7, 11) is 0. The molecule has 0 radical (unpaired) electrons. The molecule has 1 aliphatic rings. The van der Waals surface area contributed by atoms with E-state index in [1.165, 1.54) is 6.33 Å². The summed E-state index contributed by atoms with van der Waals surface area (Å²) >= 11 is 6.11. The summed E-state index contributed by atoms with van der Waals surface area (Å²) in [5.74, 6) is 0.0909. The Bertz CT molecular complexity index is 755. The van der Waals surface area contributed by atoms with Crippen LogP contribution in [-0.4, -0.2) is 26.2 Å². The maximum Gasteiger partial charge on any atom is 0.147 e. The monoisotopic (exact) mass is 320 g/mol. The lowest BCUT2D eigenvalue weighted by Gasteiger charge is -2.29. The summed E-state index contributed by atoms with van der Waals surface area (Å²) in [5, 5.41) is 5.21. The topological polar surface area (TPSA) is 88.7 Å². The van der Waals surface area contributed by atoms with Gasteiger partial charge in [-0.2, -0.15) is 0 Å². The van der Waals surface area contributed by atoms with Crippen LogP contribution in [0, 0.1) is 5.92 Å². The van der Waals surface area contributed by atoms with E-state index >= 15 is 0 Å². The molecule has 1 aliphatic heterocycles. The Morgan fingerprint density at radius 3 is 3.00 bits per heavy atom. The van der Waals surface area contributed by atoms with Crippen molar-refractivity contribution in [3.05, 3.63) is 34.2 Å². The Kier molecular flexibility index (Phi) is 3.72. The summed E-state index contributed by atoms with van der Waals surface area (Å²) in [6, 6.07) is 1.85. The Hall–Kier alpha value is -1.82. The van der Waals surface area contributed by atoms with Gasteiger partial charge in [-0.25, -0.2) is 9.97 Å². The maximum absolute atomic E-state index is 8.99. The molecule has 4 atom stereocenters. The largest absolute Gasteiger partial charge is 0.354 e. The summed E-state index contributed by atoms with van der Waals surface area (Å²) in [6.07, 6.45) is 3.72. The molecule has 116 valence electrons. The van der Waals surface area contributed by atoms with Gasteiger partial charge in [0.1, 0.15) is 23.4 Å². The van der Waals surface area contributed by atoms with Crippen LogP contribution in [0.15, 0.2) is 23.7 Å². The van der Waals surface area contributed by atoms with E-state index in [1.807, 2.05) is 23.8 Å². The van der Waals surface area contributed by atoms with E-state index in [1.54, 1.807) is 0 Å². The van der Waals surface area contributed by atoms with Gasteiger partial charge in [0.2, 0.25) is 0 Å². The Labute approximate surface area is 132 Å². The fraction of sp³-hybridized carbons (Fsp3) is 0.571. The third kappa shape index (κ3) is 2.05. The molecule has 2 aromatic heterocycles. The molecule has 0 aromatic carbocycles. The molecule has 0 N–H and O–H groups in total. The SMILES string of the molecule is CC[C@H]1OC(n2ccc3c(Cl)ncnc32)[C@](C)(N=[N+]=[N-])[C@@H]1C. The van der Waals surface area contributed by atoms with Crippen LogP contribution in [-0.2, 0) is 4.74 Å². The number of ether oxygens (including phenoxy) is 1. The molecule has 3 heterocycles. The average Bonchev–Trinajstić information content (AvgIpc) is 3.02. The fourth-order valence-corrected chi connectivity index (χ4v) is 3.38. The fourth-order valence-electron chi connectivity index (χ4n) is 3.19. The van der Waals surface area contributed by atoms with Crippen molar-refractivity contribution >= 4 is 22.6 Å². The van der Waals surface area contributed by atoms with Crippen LogP contribution in [0.5, 0.6) is 0 Å². The number of nitrogens with zero attached hydrogens (tertiary/aromatic N) is 6. The first kappa shape index (κ1) is 15.1. The van der Waals surface area contributed by atoms with Crippen molar-refractivity contribution in [2.24, 2.45) is 11.0 Å². The summed E-state index contributed by atoms with van der Waals surface area (Å²) in [4.78, 5) is 11.3. The van der Waals surface area contributed by atoms with Gasteiger partial charge < -0.3 is 9.30 Å². The predicted molar refractivity (Wildman–Crippen MR) is 83.5 cm³/mol. The average molecular weight is 321 g/mol. The Balaban J connectivity index is 2.16. The van der Waals surface area contributed by atoms with Crippen molar-refractivity contribution in [2.45, 2.75) is 45.1 Å². The van der Waals surface area contributed by atoms with Gasteiger partial charge in [0.05, 0.1) is 17.0 Å². The highest BCUT2D eigenvalue weighted by molar-refractivity contribution is 6.33. The van der Waals surface area contributed by atoms with E-state index in [-0.39, 0.29) is 12.0 Å². The van der Waals surface area contributed by atoms with E-state index < -0.39 is 11.8 Å². The van der Waals surface area contributed by atoms with Gasteiger partial charge in [0.25, 0.3) is 0 Å². The number of aromatic nitrogens is 3. The highest BCUT2D eigenvalue weighted by Crippen LogP contribution is 2.47. The number of halogens is 1. The molecule has 1 fully saturated rings. The van der Waals surface area contributed by atoms with E-state index in [4.69, 9.17) is 21.9 Å². The lowest BCUT2D eigenvalue weighted by atomic mass is 9.84. The minimum absolute atomic E-state index is 0.0234. The molecule has 8 heteroatoms. The standard InChI is InChI=1S/C14H17ClN6O/c1-4-10-8(2)14(3,19-20-16)13(22-10)21-6-5-9-11(15)17-7-18-12(9)21/h5-8,10,13H,4H2,1-3H3/t8-,10-,13?,14-/m1/s1. The molecular formula is C14H17ClN6O. The first-order valence-electron chi connectivity index (χ1n) is 7.21. The van der Waals surface area contributed by atoms with Gasteiger partial charge in [-0.15, -0.1) is 0 Å². The highest BCUT2D eigenvalue weighted by Gasteiger charge is 2.51. The number of hydrogen-bond donors (Lipinski definition) is 0. The second-order valence-electron chi connectivity index (χ2n) is 5.76. The first-order valence-corrected chi connectivity index (χ1v) is 7.59. The van der Waals surface area contributed by atoms with Gasteiger partial charge in [0, 0.05) is 11.1 Å². The predicted octanol–water partition coefficient (Wildman–Crippen LogP) is 4.10. The van der Waals surface area contributed by atoms with Crippen LogP contribution in [0.25, 0.3) is 21.5 Å². The molecule has 7 nitrogen and oxygen atoms in total. The Morgan fingerprint density at radius 2 is 2.32 bits per heavy atom. The molecule has 2 aromatic rings. The smallest absolute Gasteiger partial charge is 0.147 e. The maximum atomic E-state index is 8.99. The molecule has 1 unspecified atom stereocenters. The van der Waals surface area contributed by atoms with Crippen molar-refractivity contribution in [1.82, 2.24) is 14.5 Å². The third-order valence-corrected chi connectivity index (χ3v) is 4.96. The highest BCUT2D eigenvalue weighted by atomic mass is 35.5. The minimum Gasteiger partial charge on any atom is -0.354 e. The summed E-state index contributed by atoms with van der Waals surface area (Å²) < 4.78 is 8.06. The van der Waals surface area contributed by atoms with Crippen molar-refractivity contribution < 1.29 is 4.74 Å². The molecule has 0 amide bonds. The molecule has 22 heavy (non-hydrogen) atoms. The van der Waals surface area contributed by atoms with Gasteiger partial charge >= 0.3 is 0 Å². The van der Waals surface area contributed by atoms with E-state index in [0.29, 0.717) is 10.8 Å². The lowest BCUT2D eigenvalue weighted by molar-refractivity contribution is -0.0161. The molecule has 0 bridgehead atoms. The van der Waals surface area contributed by atoms with E-state index in [2.05, 4.69) is 33.8 Å². The normalized spacial score (nSPS) is 31.4. The zero-order valence-corrected chi connectivity index (χ0v) is 13.4. The van der Waals surface area contributed by atoms with E-state index in [0.717, 1.165) is 11.8 Å². The molecular weight excluding hydrogens is 304 g/mol. The third-order valence-electron chi connectivity index (χ3n) is 4.66. The van der Waals surface area contributed by atoms with E-state index in [9.17, 15) is 0 Å². The lowest BCUT2D eigenvalue weighted by Crippen LogP contribution is -2.35. The Morgan fingerprint density at radius 1 is 1.55 bits per heavy atom. The van der Waals surface area contributed by atoms with Crippen molar-refractivity contribution in [2.75, 3.05) is 0 Å². The minimum atomic E-state index is -0.696. The zero-order chi connectivity index (χ0) is 15.9. The first-order chi connectivity index (χ1) is 10.5. The number of azide groups is 1. The van der Waals surface area contributed by atoms with Crippen LogP contribution in [0.4, 0.5) is 0 Å². The summed E-state index contributed by atoms with van der Waals surface area (Å²) in [5.41, 5.74) is 8.97. The van der Waals surface area contributed by atoms with Crippen molar-refractivity contribution in [3.8, 4) is 0 Å².